The summed E-state index contributed by atoms with van der Waals surface area (Å²) in [5.41, 5.74) is 3.30. The summed E-state index contributed by atoms with van der Waals surface area (Å²) in [7, 11) is 0. The molecule has 7 nitrogen and oxygen atoms in total. The number of aryl methyl sites for hydroxylation is 2. The first kappa shape index (κ1) is 22.9. The van der Waals surface area contributed by atoms with Crippen LogP contribution >= 0.6 is 0 Å². The molecule has 3 aromatic heterocycles. The van der Waals surface area contributed by atoms with E-state index >= 15 is 0 Å². The highest BCUT2D eigenvalue weighted by atomic mass is 16.4. The number of nitrogens with zero attached hydrogens (tertiary/aromatic N) is 3. The summed E-state index contributed by atoms with van der Waals surface area (Å²) >= 11 is 0. The Morgan fingerprint density at radius 1 is 1.00 bits per heavy atom. The van der Waals surface area contributed by atoms with Crippen LogP contribution in [0.2, 0.25) is 0 Å². The second kappa shape index (κ2) is 9.27. The molecule has 3 heterocycles. The minimum Gasteiger partial charge on any atom is -0.481 e. The number of pyridine rings is 3. The standard InChI is InChI=1S/C26H30N4O3/c1-16-10-11-27-23(13-16)30-24-14-17(2)12-21(29-24)19-6-9-22(28-15-19)26(3,33)20-7-4-18(5-8-20)25(31)32/h6,9-15,18,20,33H,4-5,7-8H2,1-3H3,(H,31,32)(H,27,29,30). The smallest absolute Gasteiger partial charge is 0.306 e. The van der Waals surface area contributed by atoms with Crippen molar-refractivity contribution in [3.63, 3.8) is 0 Å². The highest BCUT2D eigenvalue weighted by Crippen LogP contribution is 2.40. The fourth-order valence-electron chi connectivity index (χ4n) is 4.57. The number of nitrogens with one attached hydrogen (secondary N) is 1. The molecule has 1 unspecified atom stereocenters. The maximum atomic E-state index is 11.2. The molecule has 1 fully saturated rings. The second-order valence-electron chi connectivity index (χ2n) is 9.22. The van der Waals surface area contributed by atoms with Crippen molar-refractivity contribution in [1.29, 1.82) is 0 Å². The molecule has 3 aromatic rings. The Morgan fingerprint density at radius 2 is 1.73 bits per heavy atom. The molecule has 0 saturated heterocycles. The van der Waals surface area contributed by atoms with E-state index in [0.717, 1.165) is 28.2 Å². The molecule has 33 heavy (non-hydrogen) atoms. The number of hydrogen-bond acceptors (Lipinski definition) is 6. The lowest BCUT2D eigenvalue weighted by Crippen LogP contribution is -2.36. The van der Waals surface area contributed by atoms with Gasteiger partial charge in [-0.1, -0.05) is 0 Å². The van der Waals surface area contributed by atoms with E-state index in [-0.39, 0.29) is 11.8 Å². The molecule has 1 saturated carbocycles. The van der Waals surface area contributed by atoms with Crippen LogP contribution in [0.1, 0.15) is 49.4 Å². The highest BCUT2D eigenvalue weighted by Gasteiger charge is 2.38. The monoisotopic (exact) mass is 446 g/mol. The number of carboxylic acids is 1. The van der Waals surface area contributed by atoms with Gasteiger partial charge >= 0.3 is 5.97 Å². The van der Waals surface area contributed by atoms with Gasteiger partial charge in [0.1, 0.15) is 17.2 Å². The third kappa shape index (κ3) is 5.20. The first-order valence-corrected chi connectivity index (χ1v) is 11.3. The molecule has 3 N–H and O–H groups in total. The quantitative estimate of drug-likeness (QED) is 0.489. The predicted octanol–water partition coefficient (Wildman–Crippen LogP) is 5.00. The molecule has 1 atom stereocenters. The van der Waals surface area contributed by atoms with E-state index in [1.54, 1.807) is 19.3 Å². The molecule has 172 valence electrons. The number of carboxylic acid groups (broad SMARTS) is 1. The SMILES string of the molecule is Cc1ccnc(Nc2cc(C)cc(-c3ccc(C(C)(O)C4CCC(C(=O)O)CC4)nc3)n2)c1. The average molecular weight is 447 g/mol. The Bertz CT molecular complexity index is 1140. The summed E-state index contributed by atoms with van der Waals surface area (Å²) in [6, 6.07) is 11.6. The van der Waals surface area contributed by atoms with Crippen LogP contribution < -0.4 is 5.32 Å². The molecule has 0 spiro atoms. The summed E-state index contributed by atoms with van der Waals surface area (Å²) in [6.45, 7) is 5.81. The largest absolute Gasteiger partial charge is 0.481 e. The van der Waals surface area contributed by atoms with Gasteiger partial charge in [0.05, 0.1) is 17.3 Å². The number of aromatic nitrogens is 3. The third-order valence-electron chi connectivity index (χ3n) is 6.59. The van der Waals surface area contributed by atoms with Crippen LogP contribution in [0.25, 0.3) is 11.3 Å². The van der Waals surface area contributed by atoms with Crippen molar-refractivity contribution >= 4 is 17.6 Å². The first-order chi connectivity index (χ1) is 15.7. The molecule has 0 amide bonds. The molecule has 1 aliphatic carbocycles. The van der Waals surface area contributed by atoms with Crippen molar-refractivity contribution in [3.05, 3.63) is 65.6 Å². The van der Waals surface area contributed by atoms with Crippen molar-refractivity contribution < 1.29 is 15.0 Å². The van der Waals surface area contributed by atoms with E-state index in [9.17, 15) is 15.0 Å². The maximum absolute atomic E-state index is 11.2. The van der Waals surface area contributed by atoms with E-state index in [1.807, 2.05) is 50.2 Å². The van der Waals surface area contributed by atoms with Crippen LogP contribution in [0, 0.1) is 25.7 Å². The zero-order valence-corrected chi connectivity index (χ0v) is 19.2. The zero-order valence-electron chi connectivity index (χ0n) is 19.2. The Hall–Kier alpha value is -3.32. The lowest BCUT2D eigenvalue weighted by Gasteiger charge is -2.36. The summed E-state index contributed by atoms with van der Waals surface area (Å²) in [4.78, 5) is 24.9. The molecule has 1 aliphatic rings. The summed E-state index contributed by atoms with van der Waals surface area (Å²) in [5.74, 6) is 0.377. The van der Waals surface area contributed by atoms with E-state index in [4.69, 9.17) is 4.98 Å². The first-order valence-electron chi connectivity index (χ1n) is 11.3. The van der Waals surface area contributed by atoms with E-state index in [1.165, 1.54) is 0 Å². The van der Waals surface area contributed by atoms with E-state index in [0.29, 0.717) is 37.2 Å². The molecule has 0 aliphatic heterocycles. The molecular formula is C26H30N4O3. The van der Waals surface area contributed by atoms with Gasteiger partial charge in [-0.25, -0.2) is 9.97 Å². The third-order valence-corrected chi connectivity index (χ3v) is 6.59. The van der Waals surface area contributed by atoms with Gasteiger partial charge in [0.15, 0.2) is 0 Å². The van der Waals surface area contributed by atoms with Gasteiger partial charge in [-0.2, -0.15) is 0 Å². The van der Waals surface area contributed by atoms with Crippen LogP contribution in [-0.2, 0) is 10.4 Å². The number of anilines is 2. The van der Waals surface area contributed by atoms with Crippen LogP contribution in [0.5, 0.6) is 0 Å². The number of carbonyl (C=O) groups is 1. The Balaban J connectivity index is 1.52. The van der Waals surface area contributed by atoms with Crippen molar-refractivity contribution in [2.45, 2.75) is 52.1 Å². The van der Waals surface area contributed by atoms with Crippen molar-refractivity contribution in [2.24, 2.45) is 11.8 Å². The van der Waals surface area contributed by atoms with Gasteiger partial charge in [0.25, 0.3) is 0 Å². The fraction of sp³-hybridized carbons (Fsp3) is 0.385. The highest BCUT2D eigenvalue weighted by molar-refractivity contribution is 5.70. The van der Waals surface area contributed by atoms with Crippen molar-refractivity contribution in [2.75, 3.05) is 5.32 Å². The van der Waals surface area contributed by atoms with Crippen molar-refractivity contribution in [1.82, 2.24) is 15.0 Å². The summed E-state index contributed by atoms with van der Waals surface area (Å²) in [5, 5.41) is 23.7. The predicted molar refractivity (Wildman–Crippen MR) is 127 cm³/mol. The normalized spacial score (nSPS) is 20.1. The summed E-state index contributed by atoms with van der Waals surface area (Å²) < 4.78 is 0. The fourth-order valence-corrected chi connectivity index (χ4v) is 4.57. The number of hydrogen-bond donors (Lipinski definition) is 3. The molecule has 4 rings (SSSR count). The van der Waals surface area contributed by atoms with Crippen molar-refractivity contribution in [3.8, 4) is 11.3 Å². The van der Waals surface area contributed by atoms with Crippen LogP contribution in [0.3, 0.4) is 0 Å². The maximum Gasteiger partial charge on any atom is 0.306 e. The Morgan fingerprint density at radius 3 is 2.36 bits per heavy atom. The topological polar surface area (TPSA) is 108 Å². The van der Waals surface area contributed by atoms with Gasteiger partial charge in [0.2, 0.25) is 0 Å². The van der Waals surface area contributed by atoms with Gasteiger partial charge in [-0.15, -0.1) is 0 Å². The van der Waals surface area contributed by atoms with Gasteiger partial charge in [-0.05, 0) is 99.9 Å². The lowest BCUT2D eigenvalue weighted by atomic mass is 9.73. The number of rotatable bonds is 6. The average Bonchev–Trinajstić information content (AvgIpc) is 2.79. The molecule has 7 heteroatoms. The minimum atomic E-state index is -1.11. The lowest BCUT2D eigenvalue weighted by molar-refractivity contribution is -0.144. The molecule has 0 radical (unpaired) electrons. The van der Waals surface area contributed by atoms with Crippen LogP contribution in [-0.4, -0.2) is 31.1 Å². The Labute approximate surface area is 194 Å². The molecular weight excluding hydrogens is 416 g/mol. The van der Waals surface area contributed by atoms with Crippen LogP contribution in [0.4, 0.5) is 11.6 Å². The number of aliphatic carboxylic acids is 1. The zero-order chi connectivity index (χ0) is 23.6. The van der Waals surface area contributed by atoms with Gasteiger partial charge in [0, 0.05) is 18.0 Å². The van der Waals surface area contributed by atoms with E-state index < -0.39 is 11.6 Å². The minimum absolute atomic E-state index is 0.0128. The second-order valence-corrected chi connectivity index (χ2v) is 9.22. The van der Waals surface area contributed by atoms with Gasteiger partial charge in [-0.3, -0.25) is 9.78 Å². The van der Waals surface area contributed by atoms with Crippen LogP contribution in [0.15, 0.2) is 48.8 Å². The Kier molecular flexibility index (Phi) is 6.42. The summed E-state index contributed by atoms with van der Waals surface area (Å²) in [6.07, 6.45) is 6.03. The van der Waals surface area contributed by atoms with E-state index in [2.05, 4.69) is 15.3 Å². The molecule has 0 bridgehead atoms. The molecule has 0 aromatic carbocycles. The van der Waals surface area contributed by atoms with Gasteiger partial charge < -0.3 is 15.5 Å². The number of aliphatic hydroxyl groups is 1.